The molecule has 0 radical (unpaired) electrons. The molecular weight excluding hydrogens is 352 g/mol. The predicted molar refractivity (Wildman–Crippen MR) is 94.4 cm³/mol. The van der Waals surface area contributed by atoms with Gasteiger partial charge in [-0.3, -0.25) is 19.5 Å². The van der Waals surface area contributed by atoms with E-state index in [0.717, 1.165) is 0 Å². The van der Waals surface area contributed by atoms with Gasteiger partial charge in [-0.2, -0.15) is 0 Å². The Balaban J connectivity index is 1.99. The average molecular weight is 368 g/mol. The van der Waals surface area contributed by atoms with Crippen LogP contribution in [-0.2, 0) is 14.4 Å². The van der Waals surface area contributed by atoms with E-state index in [9.17, 15) is 19.5 Å². The van der Waals surface area contributed by atoms with E-state index in [2.05, 4.69) is 4.98 Å². The Morgan fingerprint density at radius 1 is 1.22 bits per heavy atom. The monoisotopic (exact) mass is 368 g/mol. The first-order valence-electron chi connectivity index (χ1n) is 8.02. The van der Waals surface area contributed by atoms with E-state index in [1.165, 1.54) is 30.2 Å². The molecule has 0 spiro atoms. The van der Waals surface area contributed by atoms with Gasteiger partial charge >= 0.3 is 5.97 Å². The minimum Gasteiger partial charge on any atom is -0.503 e. The molecule has 3 rings (SSSR count). The van der Waals surface area contributed by atoms with E-state index in [0.29, 0.717) is 17.0 Å². The molecule has 1 aromatic carbocycles. The van der Waals surface area contributed by atoms with E-state index in [4.69, 9.17) is 9.84 Å². The quantitative estimate of drug-likeness (QED) is 0.801. The third kappa shape index (κ3) is 3.50. The number of hydrogen-bond donors (Lipinski definition) is 2. The van der Waals surface area contributed by atoms with Gasteiger partial charge in [0.15, 0.2) is 18.1 Å². The lowest BCUT2D eigenvalue weighted by Gasteiger charge is -2.26. The normalized spacial score (nSPS) is 16.6. The molecule has 1 atom stereocenters. The molecule has 0 bridgehead atoms. The molecule has 0 saturated heterocycles. The zero-order valence-electron chi connectivity index (χ0n) is 14.3. The van der Waals surface area contributed by atoms with Crippen molar-refractivity contribution in [1.29, 1.82) is 0 Å². The standard InChI is InChI=1S/C19H16N2O6/c1-11(22)16-17(12-3-2-8-20-9-12)21(19(26)18(16)25)13-4-6-14(7-5-13)27-10-15(23)24/h2-9,17,25H,10H2,1H3,(H,23,24)/t17-/m0/s1. The van der Waals surface area contributed by atoms with E-state index in [-0.39, 0.29) is 5.57 Å². The molecule has 0 unspecified atom stereocenters. The first kappa shape index (κ1) is 18.1. The van der Waals surface area contributed by atoms with Crippen molar-refractivity contribution in [2.75, 3.05) is 11.5 Å². The maximum absolute atomic E-state index is 12.6. The number of hydrogen-bond acceptors (Lipinski definition) is 6. The summed E-state index contributed by atoms with van der Waals surface area (Å²) in [6, 6.07) is 8.69. The summed E-state index contributed by atoms with van der Waals surface area (Å²) in [6.45, 7) is 0.797. The van der Waals surface area contributed by atoms with Crippen molar-refractivity contribution in [3.8, 4) is 5.75 Å². The summed E-state index contributed by atoms with van der Waals surface area (Å²) in [7, 11) is 0. The van der Waals surface area contributed by atoms with Crippen LogP contribution in [0.3, 0.4) is 0 Å². The van der Waals surface area contributed by atoms with Gasteiger partial charge in [-0.25, -0.2) is 4.79 Å². The minimum absolute atomic E-state index is 0.000737. The molecule has 1 aliphatic heterocycles. The Hall–Kier alpha value is -3.68. The van der Waals surface area contributed by atoms with Gasteiger partial charge in [0.1, 0.15) is 5.75 Å². The molecule has 1 aliphatic rings. The molecule has 27 heavy (non-hydrogen) atoms. The van der Waals surface area contributed by atoms with Crippen LogP contribution in [0.25, 0.3) is 0 Å². The molecule has 138 valence electrons. The number of aliphatic carboxylic acids is 1. The molecule has 1 amide bonds. The molecule has 2 heterocycles. The maximum Gasteiger partial charge on any atom is 0.341 e. The summed E-state index contributed by atoms with van der Waals surface area (Å²) in [4.78, 5) is 40.6. The maximum atomic E-state index is 12.6. The van der Waals surface area contributed by atoms with Gasteiger partial charge in [0, 0.05) is 18.1 Å². The topological polar surface area (TPSA) is 117 Å². The summed E-state index contributed by atoms with van der Waals surface area (Å²) in [5, 5.41) is 18.9. The average Bonchev–Trinajstić information content (AvgIpc) is 2.92. The lowest BCUT2D eigenvalue weighted by molar-refractivity contribution is -0.139. The highest BCUT2D eigenvalue weighted by atomic mass is 16.5. The first-order valence-corrected chi connectivity index (χ1v) is 8.02. The smallest absolute Gasteiger partial charge is 0.341 e. The zero-order chi connectivity index (χ0) is 19.6. The third-order valence-electron chi connectivity index (χ3n) is 4.06. The van der Waals surface area contributed by atoms with Crippen LogP contribution in [0.15, 0.2) is 60.1 Å². The van der Waals surface area contributed by atoms with Gasteiger partial charge in [-0.15, -0.1) is 0 Å². The number of ether oxygens (including phenoxy) is 1. The second-order valence-electron chi connectivity index (χ2n) is 5.86. The van der Waals surface area contributed by atoms with E-state index in [1.807, 2.05) is 0 Å². The fraction of sp³-hybridized carbons (Fsp3) is 0.158. The molecule has 0 aliphatic carbocycles. The second-order valence-corrected chi connectivity index (χ2v) is 5.86. The summed E-state index contributed by atoms with van der Waals surface area (Å²) in [5.41, 5.74) is 0.991. The molecule has 8 nitrogen and oxygen atoms in total. The van der Waals surface area contributed by atoms with Gasteiger partial charge in [0.2, 0.25) is 0 Å². The molecular formula is C19H16N2O6. The van der Waals surface area contributed by atoms with Crippen molar-refractivity contribution in [2.45, 2.75) is 13.0 Å². The summed E-state index contributed by atoms with van der Waals surface area (Å²) in [5.74, 6) is -2.50. The predicted octanol–water partition coefficient (Wildman–Crippen LogP) is 2.03. The molecule has 1 aromatic heterocycles. The number of carbonyl (C=O) groups excluding carboxylic acids is 2. The summed E-state index contributed by atoms with van der Waals surface area (Å²) >= 11 is 0. The lowest BCUT2D eigenvalue weighted by atomic mass is 9.98. The number of pyridine rings is 1. The number of carbonyl (C=O) groups is 3. The van der Waals surface area contributed by atoms with Crippen molar-refractivity contribution in [2.24, 2.45) is 0 Å². The third-order valence-corrected chi connectivity index (χ3v) is 4.06. The Morgan fingerprint density at radius 2 is 1.93 bits per heavy atom. The number of aliphatic hydroxyl groups is 1. The number of aliphatic hydroxyl groups excluding tert-OH is 1. The van der Waals surface area contributed by atoms with Gasteiger partial charge in [-0.05, 0) is 42.8 Å². The van der Waals surface area contributed by atoms with Crippen molar-refractivity contribution in [3.05, 3.63) is 65.7 Å². The van der Waals surface area contributed by atoms with Crippen LogP contribution < -0.4 is 9.64 Å². The lowest BCUT2D eigenvalue weighted by Crippen LogP contribution is -2.30. The van der Waals surface area contributed by atoms with Crippen molar-refractivity contribution in [3.63, 3.8) is 0 Å². The number of amides is 1. The second kappa shape index (κ2) is 7.28. The number of Topliss-reactive ketones (excluding diaryl/α,β-unsaturated/α-hetero) is 1. The molecule has 0 fully saturated rings. The number of ketones is 1. The van der Waals surface area contributed by atoms with Crippen molar-refractivity contribution >= 4 is 23.3 Å². The molecule has 0 saturated carbocycles. The number of rotatable bonds is 6. The van der Waals surface area contributed by atoms with E-state index >= 15 is 0 Å². The summed E-state index contributed by atoms with van der Waals surface area (Å²) < 4.78 is 5.08. The summed E-state index contributed by atoms with van der Waals surface area (Å²) in [6.07, 6.45) is 3.09. The van der Waals surface area contributed by atoms with Crippen LogP contribution in [0.2, 0.25) is 0 Å². The van der Waals surface area contributed by atoms with E-state index in [1.54, 1.807) is 30.5 Å². The highest BCUT2D eigenvalue weighted by Gasteiger charge is 2.43. The molecule has 8 heteroatoms. The fourth-order valence-corrected chi connectivity index (χ4v) is 2.93. The zero-order valence-corrected chi connectivity index (χ0v) is 14.3. The van der Waals surface area contributed by atoms with Crippen LogP contribution in [-0.4, -0.2) is 39.5 Å². The largest absolute Gasteiger partial charge is 0.503 e. The number of carboxylic acids is 1. The molecule has 2 N–H and O–H groups in total. The molecule has 2 aromatic rings. The van der Waals surface area contributed by atoms with Gasteiger partial charge in [0.05, 0.1) is 11.6 Å². The van der Waals surface area contributed by atoms with Crippen molar-refractivity contribution < 1.29 is 29.3 Å². The van der Waals surface area contributed by atoms with E-state index < -0.39 is 36.1 Å². The number of aromatic nitrogens is 1. The number of carboxylic acid groups (broad SMARTS) is 1. The van der Waals surface area contributed by atoms with Gasteiger partial charge in [-0.1, -0.05) is 6.07 Å². The SMILES string of the molecule is CC(=O)C1=C(O)C(=O)N(c2ccc(OCC(=O)O)cc2)[C@H]1c1cccnc1. The Bertz CT molecular complexity index is 921. The number of anilines is 1. The van der Waals surface area contributed by atoms with Crippen LogP contribution in [0.5, 0.6) is 5.75 Å². The highest BCUT2D eigenvalue weighted by molar-refractivity contribution is 6.16. The van der Waals surface area contributed by atoms with Gasteiger partial charge < -0.3 is 14.9 Å². The highest BCUT2D eigenvalue weighted by Crippen LogP contribution is 2.40. The van der Waals surface area contributed by atoms with Crippen LogP contribution in [0.1, 0.15) is 18.5 Å². The van der Waals surface area contributed by atoms with Crippen LogP contribution >= 0.6 is 0 Å². The Kier molecular flexibility index (Phi) is 4.89. The van der Waals surface area contributed by atoms with Crippen LogP contribution in [0, 0.1) is 0 Å². The minimum atomic E-state index is -1.11. The Labute approximate surface area is 154 Å². The number of benzene rings is 1. The first-order chi connectivity index (χ1) is 12.9. The Morgan fingerprint density at radius 3 is 2.48 bits per heavy atom. The van der Waals surface area contributed by atoms with Crippen molar-refractivity contribution in [1.82, 2.24) is 4.98 Å². The fourth-order valence-electron chi connectivity index (χ4n) is 2.93. The van der Waals surface area contributed by atoms with Crippen LogP contribution in [0.4, 0.5) is 5.69 Å². The van der Waals surface area contributed by atoms with Gasteiger partial charge in [0.25, 0.3) is 5.91 Å². The number of nitrogens with zero attached hydrogens (tertiary/aromatic N) is 2.